The van der Waals surface area contributed by atoms with Gasteiger partial charge in [0, 0.05) is 31.9 Å². The van der Waals surface area contributed by atoms with Gasteiger partial charge in [0.1, 0.15) is 0 Å². The van der Waals surface area contributed by atoms with Gasteiger partial charge in [-0.2, -0.15) is 0 Å². The monoisotopic (exact) mass is 239 g/mol. The minimum Gasteiger partial charge on any atom is -0.357 e. The molecule has 4 heteroatoms. The van der Waals surface area contributed by atoms with Crippen LogP contribution in [0.4, 0.5) is 10.2 Å². The standard InChI is InChI=1S/C13H22FN3/c1-5-15-8-11-6-7-16-13(12(11)14)17(4)9-10(2)3/h6-7,10,15H,5,8-9H2,1-4H3. The van der Waals surface area contributed by atoms with Crippen LogP contribution < -0.4 is 10.2 Å². The summed E-state index contributed by atoms with van der Waals surface area (Å²) >= 11 is 0. The first-order chi connectivity index (χ1) is 8.06. The van der Waals surface area contributed by atoms with E-state index < -0.39 is 0 Å². The third kappa shape index (κ3) is 3.97. The highest BCUT2D eigenvalue weighted by atomic mass is 19.1. The molecule has 0 amide bonds. The van der Waals surface area contributed by atoms with Crippen LogP contribution in [0.5, 0.6) is 0 Å². The molecule has 1 N–H and O–H groups in total. The fourth-order valence-electron chi connectivity index (χ4n) is 1.77. The molecule has 1 heterocycles. The average molecular weight is 239 g/mol. The van der Waals surface area contributed by atoms with Crippen LogP contribution in [0.3, 0.4) is 0 Å². The van der Waals surface area contributed by atoms with Crippen LogP contribution in [0.25, 0.3) is 0 Å². The topological polar surface area (TPSA) is 28.2 Å². The number of nitrogens with one attached hydrogen (secondary N) is 1. The molecule has 3 nitrogen and oxygen atoms in total. The first-order valence-electron chi connectivity index (χ1n) is 6.11. The molecule has 17 heavy (non-hydrogen) atoms. The van der Waals surface area contributed by atoms with Gasteiger partial charge in [0.2, 0.25) is 0 Å². The van der Waals surface area contributed by atoms with Gasteiger partial charge in [-0.1, -0.05) is 20.8 Å². The van der Waals surface area contributed by atoms with Crippen molar-refractivity contribution in [2.75, 3.05) is 25.0 Å². The Morgan fingerprint density at radius 1 is 1.47 bits per heavy atom. The van der Waals surface area contributed by atoms with Gasteiger partial charge < -0.3 is 10.2 Å². The molecule has 1 aromatic rings. The van der Waals surface area contributed by atoms with Gasteiger partial charge in [-0.25, -0.2) is 9.37 Å². The first-order valence-corrected chi connectivity index (χ1v) is 6.11. The number of rotatable bonds is 6. The minimum atomic E-state index is -0.211. The second kappa shape index (κ2) is 6.55. The van der Waals surface area contributed by atoms with Crippen LogP contribution in [0.15, 0.2) is 12.3 Å². The van der Waals surface area contributed by atoms with Crippen LogP contribution in [0.1, 0.15) is 26.3 Å². The highest BCUT2D eigenvalue weighted by Crippen LogP contribution is 2.19. The van der Waals surface area contributed by atoms with E-state index in [1.165, 1.54) is 0 Å². The Bertz CT molecular complexity index is 353. The highest BCUT2D eigenvalue weighted by Gasteiger charge is 2.13. The zero-order valence-corrected chi connectivity index (χ0v) is 11.1. The first kappa shape index (κ1) is 13.9. The molecule has 0 aliphatic carbocycles. The van der Waals surface area contributed by atoms with E-state index in [9.17, 15) is 4.39 Å². The number of hydrogen-bond donors (Lipinski definition) is 1. The van der Waals surface area contributed by atoms with E-state index in [-0.39, 0.29) is 5.82 Å². The minimum absolute atomic E-state index is 0.211. The Morgan fingerprint density at radius 3 is 2.76 bits per heavy atom. The van der Waals surface area contributed by atoms with Crippen molar-refractivity contribution in [1.82, 2.24) is 10.3 Å². The predicted octanol–water partition coefficient (Wildman–Crippen LogP) is 2.42. The molecule has 0 unspecified atom stereocenters. The van der Waals surface area contributed by atoms with Gasteiger partial charge in [-0.05, 0) is 18.5 Å². The normalized spacial score (nSPS) is 10.9. The fourth-order valence-corrected chi connectivity index (χ4v) is 1.77. The van der Waals surface area contributed by atoms with E-state index in [1.54, 1.807) is 12.3 Å². The number of pyridine rings is 1. The van der Waals surface area contributed by atoms with Crippen LogP contribution in [-0.2, 0) is 6.54 Å². The van der Waals surface area contributed by atoms with Gasteiger partial charge in [0.25, 0.3) is 0 Å². The average Bonchev–Trinajstić information content (AvgIpc) is 2.26. The summed E-state index contributed by atoms with van der Waals surface area (Å²) in [5.41, 5.74) is 0.674. The Kier molecular flexibility index (Phi) is 5.35. The fraction of sp³-hybridized carbons (Fsp3) is 0.615. The molecule has 0 fully saturated rings. The Labute approximate surface area is 103 Å². The molecule has 0 atom stereocenters. The highest BCUT2D eigenvalue weighted by molar-refractivity contribution is 5.42. The van der Waals surface area contributed by atoms with E-state index >= 15 is 0 Å². The Hall–Kier alpha value is -1.16. The lowest BCUT2D eigenvalue weighted by Gasteiger charge is -2.21. The van der Waals surface area contributed by atoms with Crippen molar-refractivity contribution < 1.29 is 4.39 Å². The van der Waals surface area contributed by atoms with E-state index in [0.717, 1.165) is 13.1 Å². The molecule has 0 radical (unpaired) electrons. The Balaban J connectivity index is 2.85. The maximum Gasteiger partial charge on any atom is 0.170 e. The molecule has 96 valence electrons. The van der Waals surface area contributed by atoms with Crippen molar-refractivity contribution in [3.05, 3.63) is 23.6 Å². The van der Waals surface area contributed by atoms with E-state index in [1.807, 2.05) is 18.9 Å². The molecule has 0 saturated heterocycles. The summed E-state index contributed by atoms with van der Waals surface area (Å²) in [5, 5.41) is 3.13. The van der Waals surface area contributed by atoms with E-state index in [0.29, 0.717) is 23.8 Å². The lowest BCUT2D eigenvalue weighted by molar-refractivity contribution is 0.570. The molecular formula is C13H22FN3. The lowest BCUT2D eigenvalue weighted by Crippen LogP contribution is -2.25. The summed E-state index contributed by atoms with van der Waals surface area (Å²) in [6.45, 7) is 8.40. The maximum absolute atomic E-state index is 14.2. The molecule has 0 aliphatic rings. The second-order valence-electron chi connectivity index (χ2n) is 4.66. The van der Waals surface area contributed by atoms with Crippen LogP contribution in [-0.4, -0.2) is 25.1 Å². The molecular weight excluding hydrogens is 217 g/mol. The van der Waals surface area contributed by atoms with Crippen molar-refractivity contribution in [3.8, 4) is 0 Å². The Morgan fingerprint density at radius 2 is 2.18 bits per heavy atom. The quantitative estimate of drug-likeness (QED) is 0.826. The van der Waals surface area contributed by atoms with Crippen molar-refractivity contribution in [2.45, 2.75) is 27.3 Å². The zero-order valence-electron chi connectivity index (χ0n) is 11.1. The number of nitrogens with zero attached hydrogens (tertiary/aromatic N) is 2. The van der Waals surface area contributed by atoms with Crippen molar-refractivity contribution in [2.24, 2.45) is 5.92 Å². The predicted molar refractivity (Wildman–Crippen MR) is 69.7 cm³/mol. The summed E-state index contributed by atoms with van der Waals surface area (Å²) in [4.78, 5) is 5.99. The molecule has 0 bridgehead atoms. The zero-order chi connectivity index (χ0) is 12.8. The van der Waals surface area contributed by atoms with Crippen molar-refractivity contribution in [3.63, 3.8) is 0 Å². The van der Waals surface area contributed by atoms with Gasteiger partial charge in [0.15, 0.2) is 11.6 Å². The summed E-state index contributed by atoms with van der Waals surface area (Å²) in [5.74, 6) is 0.712. The summed E-state index contributed by atoms with van der Waals surface area (Å²) < 4.78 is 14.2. The summed E-state index contributed by atoms with van der Waals surface area (Å²) in [6.07, 6.45) is 1.67. The summed E-state index contributed by atoms with van der Waals surface area (Å²) in [7, 11) is 1.88. The number of anilines is 1. The van der Waals surface area contributed by atoms with Gasteiger partial charge in [-0.15, -0.1) is 0 Å². The van der Waals surface area contributed by atoms with E-state index in [2.05, 4.69) is 24.1 Å². The van der Waals surface area contributed by atoms with Gasteiger partial charge in [-0.3, -0.25) is 0 Å². The van der Waals surface area contributed by atoms with Gasteiger partial charge in [0.05, 0.1) is 0 Å². The second-order valence-corrected chi connectivity index (χ2v) is 4.66. The largest absolute Gasteiger partial charge is 0.357 e. The van der Waals surface area contributed by atoms with Crippen LogP contribution >= 0.6 is 0 Å². The summed E-state index contributed by atoms with van der Waals surface area (Å²) in [6, 6.07) is 1.73. The van der Waals surface area contributed by atoms with Crippen LogP contribution in [0, 0.1) is 11.7 Å². The maximum atomic E-state index is 14.2. The molecule has 0 saturated carbocycles. The molecule has 0 aliphatic heterocycles. The third-order valence-corrected chi connectivity index (χ3v) is 2.52. The van der Waals surface area contributed by atoms with Crippen LogP contribution in [0.2, 0.25) is 0 Å². The smallest absolute Gasteiger partial charge is 0.170 e. The molecule has 1 aromatic heterocycles. The SMILES string of the molecule is CCNCc1ccnc(N(C)CC(C)C)c1F. The molecule has 0 aromatic carbocycles. The van der Waals surface area contributed by atoms with E-state index in [4.69, 9.17) is 0 Å². The van der Waals surface area contributed by atoms with Gasteiger partial charge >= 0.3 is 0 Å². The lowest BCUT2D eigenvalue weighted by atomic mass is 10.2. The number of hydrogen-bond acceptors (Lipinski definition) is 3. The van der Waals surface area contributed by atoms with Crippen molar-refractivity contribution >= 4 is 5.82 Å². The van der Waals surface area contributed by atoms with Crippen molar-refractivity contribution in [1.29, 1.82) is 0 Å². The number of halogens is 1. The number of aromatic nitrogens is 1. The third-order valence-electron chi connectivity index (χ3n) is 2.52. The molecule has 1 rings (SSSR count). The molecule has 0 spiro atoms.